The third-order valence-electron chi connectivity index (χ3n) is 6.80. The maximum Gasteiger partial charge on any atom is 0.195 e. The van der Waals surface area contributed by atoms with Gasteiger partial charge < -0.3 is 0 Å². The first kappa shape index (κ1) is 21.7. The third-order valence-corrected chi connectivity index (χ3v) is 9.81. The molecule has 3 fully saturated rings. The monoisotopic (exact) mass is 383 g/mol. The van der Waals surface area contributed by atoms with Gasteiger partial charge in [-0.05, 0) is 12.8 Å². The molecule has 2 aliphatic carbocycles. The van der Waals surface area contributed by atoms with Crippen molar-refractivity contribution in [2.24, 2.45) is 0 Å². The summed E-state index contributed by atoms with van der Waals surface area (Å²) in [5.74, 6) is 2.25. The van der Waals surface area contributed by atoms with Crippen molar-refractivity contribution in [1.29, 1.82) is 0 Å². The molecule has 0 aromatic heterocycles. The van der Waals surface area contributed by atoms with Crippen molar-refractivity contribution in [2.45, 2.75) is 124 Å². The van der Waals surface area contributed by atoms with Crippen LogP contribution in [0.25, 0.3) is 0 Å². The van der Waals surface area contributed by atoms with Crippen LogP contribution in [0.3, 0.4) is 0 Å². The van der Waals surface area contributed by atoms with Crippen molar-refractivity contribution in [3.63, 3.8) is 0 Å². The summed E-state index contributed by atoms with van der Waals surface area (Å²) in [7, 11) is 7.84. The van der Waals surface area contributed by atoms with Crippen molar-refractivity contribution in [2.75, 3.05) is 0 Å². The van der Waals surface area contributed by atoms with Crippen LogP contribution >= 0.6 is 23.2 Å². The third kappa shape index (κ3) is 7.09. The molecule has 6 heteroatoms. The predicted octanol–water partition coefficient (Wildman–Crippen LogP) is 6.47. The maximum absolute atomic E-state index is 5.87. The topological polar surface area (TPSA) is 0 Å². The molecule has 1 aliphatic heterocycles. The Morgan fingerprint density at radius 2 is 1.04 bits per heavy atom. The van der Waals surface area contributed by atoms with Crippen LogP contribution in [0.1, 0.15) is 96.3 Å². The average Bonchev–Trinajstić information content (AvgIpc) is 2.69. The molecule has 0 nitrogen and oxygen atoms in total. The maximum atomic E-state index is 5.87. The van der Waals surface area contributed by atoms with Gasteiger partial charge in [-0.3, -0.25) is 0 Å². The molecule has 5 radical (unpaired) electrons. The average molecular weight is 383 g/mol. The van der Waals surface area contributed by atoms with Gasteiger partial charge in [-0.1, -0.05) is 101 Å². The lowest BCUT2D eigenvalue weighted by Crippen LogP contribution is -2.28. The summed E-state index contributed by atoms with van der Waals surface area (Å²) in [5, 5.41) is 1.71. The Balaban J connectivity index is 1.59. The summed E-state index contributed by atoms with van der Waals surface area (Å²) < 4.78 is 0. The quantitative estimate of drug-likeness (QED) is 0.476. The lowest BCUT2D eigenvalue weighted by atomic mass is 9.45. The zero-order valence-corrected chi connectivity index (χ0v) is 18.3. The number of hydrogen-bond acceptors (Lipinski definition) is 2. The van der Waals surface area contributed by atoms with Gasteiger partial charge in [0, 0.05) is 18.2 Å². The lowest BCUT2D eigenvalue weighted by molar-refractivity contribution is 0.586. The molecule has 0 amide bonds. The molecule has 0 spiro atoms. The van der Waals surface area contributed by atoms with Crippen molar-refractivity contribution < 1.29 is 0 Å². The zero-order chi connectivity index (χ0) is 18.0. The molecule has 0 aromatic rings. The molecule has 2 saturated carbocycles. The van der Waals surface area contributed by atoms with Gasteiger partial charge in [-0.25, -0.2) is 23.2 Å². The molecule has 1 heterocycles. The highest BCUT2D eigenvalue weighted by atomic mass is 32.2. The highest BCUT2D eigenvalue weighted by Gasteiger charge is 2.32. The van der Waals surface area contributed by atoms with Gasteiger partial charge in [-0.2, -0.15) is 0 Å². The first-order valence-electron chi connectivity index (χ1n) is 11.4. The highest BCUT2D eigenvalue weighted by Crippen LogP contribution is 2.46. The Morgan fingerprint density at radius 3 is 1.50 bits per heavy atom. The van der Waals surface area contributed by atoms with E-state index in [9.17, 15) is 0 Å². The van der Waals surface area contributed by atoms with E-state index < -0.39 is 0 Å². The number of hydrogen-bond donors (Lipinski definition) is 0. The molecule has 3 rings (SSSR count). The van der Waals surface area contributed by atoms with E-state index in [0.29, 0.717) is 5.82 Å². The molecular weight excluding hydrogens is 348 g/mol. The summed E-state index contributed by atoms with van der Waals surface area (Å²) >= 11 is 4.49. The van der Waals surface area contributed by atoms with Crippen molar-refractivity contribution in [1.82, 2.24) is 0 Å². The van der Waals surface area contributed by atoms with Gasteiger partial charge >= 0.3 is 0 Å². The standard InChI is InChI=1S/C20H35B4S2/c21-22-16-10-8-12-17-18(13-9-11-16)24-26-20-15-7-5-3-1-2-4-6-14-19(20)25-23-17/h16-20H,1-15H2. The van der Waals surface area contributed by atoms with E-state index >= 15 is 0 Å². The zero-order valence-electron chi connectivity index (χ0n) is 16.6. The van der Waals surface area contributed by atoms with E-state index in [2.05, 4.69) is 36.3 Å². The molecule has 139 valence electrons. The Morgan fingerprint density at radius 1 is 0.577 bits per heavy atom. The minimum absolute atomic E-state index is 0.658. The molecule has 0 aromatic carbocycles. The van der Waals surface area contributed by atoms with Crippen LogP contribution in [0.4, 0.5) is 0 Å². The van der Waals surface area contributed by atoms with E-state index in [4.69, 9.17) is 7.74 Å². The number of fused-ring (bicyclic) bond motifs is 2. The van der Waals surface area contributed by atoms with Crippen LogP contribution in [0.5, 0.6) is 0 Å². The largest absolute Gasteiger partial charge is 0.213 e. The highest BCUT2D eigenvalue weighted by molar-refractivity contribution is 8.26. The van der Waals surface area contributed by atoms with Crippen LogP contribution in [0.15, 0.2) is 0 Å². The van der Waals surface area contributed by atoms with Gasteiger partial charge in [0.05, 0.1) is 7.17 Å². The first-order chi connectivity index (χ1) is 12.9. The van der Waals surface area contributed by atoms with Crippen LogP contribution in [-0.2, 0) is 0 Å². The van der Waals surface area contributed by atoms with E-state index in [1.165, 1.54) is 96.3 Å². The molecular formula is C20H35B4S2. The van der Waals surface area contributed by atoms with Crippen LogP contribution in [0.2, 0.25) is 17.5 Å². The Labute approximate surface area is 175 Å². The second-order valence-electron chi connectivity index (χ2n) is 8.82. The molecule has 3 aliphatic rings. The summed E-state index contributed by atoms with van der Waals surface area (Å²) in [6, 6.07) is 0. The summed E-state index contributed by atoms with van der Waals surface area (Å²) in [6.07, 6.45) is 21.2. The van der Waals surface area contributed by atoms with Gasteiger partial charge in [0.25, 0.3) is 0 Å². The normalized spacial score (nSPS) is 38.1. The predicted molar refractivity (Wildman–Crippen MR) is 126 cm³/mol. The van der Waals surface area contributed by atoms with Crippen molar-refractivity contribution in [3.8, 4) is 0 Å². The van der Waals surface area contributed by atoms with Gasteiger partial charge in [0.2, 0.25) is 0 Å². The molecule has 0 bridgehead atoms. The summed E-state index contributed by atoms with van der Waals surface area (Å²) in [4.78, 5) is 0. The van der Waals surface area contributed by atoms with Gasteiger partial charge in [-0.15, -0.1) is 0 Å². The first-order valence-corrected chi connectivity index (χ1v) is 13.3. The smallest absolute Gasteiger partial charge is 0.195 e. The van der Waals surface area contributed by atoms with Crippen LogP contribution < -0.4 is 0 Å². The molecule has 1 saturated heterocycles. The minimum Gasteiger partial charge on any atom is -0.213 e. The minimum atomic E-state index is 0.658. The molecule has 4 unspecified atom stereocenters. The van der Waals surface area contributed by atoms with Crippen LogP contribution in [-0.4, -0.2) is 38.5 Å². The lowest BCUT2D eigenvalue weighted by Gasteiger charge is -2.35. The Kier molecular flexibility index (Phi) is 10.4. The molecule has 26 heavy (non-hydrogen) atoms. The Bertz CT molecular complexity index is 353. The molecule has 0 N–H and O–H groups in total. The van der Waals surface area contributed by atoms with Crippen LogP contribution in [0, 0.1) is 0 Å². The fraction of sp³-hybridized carbons (Fsp3) is 1.00. The van der Waals surface area contributed by atoms with E-state index in [-0.39, 0.29) is 0 Å². The SMILES string of the molecule is [B][B]C1CCCC2[B]SC3CCCCCCCCCC3S[B]C2CCC1. The second kappa shape index (κ2) is 12.5. The fourth-order valence-electron chi connectivity index (χ4n) is 5.00. The summed E-state index contributed by atoms with van der Waals surface area (Å²) in [5.41, 5.74) is 0. The summed E-state index contributed by atoms with van der Waals surface area (Å²) in [6.45, 7) is 5.40. The van der Waals surface area contributed by atoms with E-state index in [1.54, 1.807) is 0 Å². The van der Waals surface area contributed by atoms with Crippen molar-refractivity contribution in [3.05, 3.63) is 0 Å². The van der Waals surface area contributed by atoms with Gasteiger partial charge in [0.15, 0.2) is 13.1 Å². The number of rotatable bonds is 1. The van der Waals surface area contributed by atoms with Gasteiger partial charge in [0.1, 0.15) is 0 Å². The van der Waals surface area contributed by atoms with E-state index in [0.717, 1.165) is 22.1 Å². The van der Waals surface area contributed by atoms with E-state index in [1.807, 2.05) is 7.17 Å². The molecule has 4 atom stereocenters. The second-order valence-corrected chi connectivity index (χ2v) is 11.1. The van der Waals surface area contributed by atoms with Crippen molar-refractivity contribution >= 4 is 51.2 Å². The fourth-order valence-corrected chi connectivity index (χ4v) is 8.09. The Hall–Kier alpha value is 0.960.